The smallest absolute Gasteiger partial charge is 0.0670 e. The van der Waals surface area contributed by atoms with Gasteiger partial charge in [0.1, 0.15) is 0 Å². The molecule has 0 aromatic heterocycles. The van der Waals surface area contributed by atoms with Crippen LogP contribution < -0.4 is 5.32 Å². The fraction of sp³-hybridized carbons (Fsp3) is 1.00. The molecular formula is C9H17NO2. The Labute approximate surface area is 73.1 Å². The van der Waals surface area contributed by atoms with Crippen LogP contribution in [0.3, 0.4) is 0 Å². The minimum atomic E-state index is -0.142. The number of aliphatic hydroxyl groups excluding tert-OH is 1. The second-order valence-corrected chi connectivity index (χ2v) is 4.10. The topological polar surface area (TPSA) is 41.5 Å². The molecule has 2 saturated heterocycles. The van der Waals surface area contributed by atoms with Gasteiger partial charge in [0.05, 0.1) is 6.10 Å². The van der Waals surface area contributed by atoms with Crippen LogP contribution >= 0.6 is 0 Å². The summed E-state index contributed by atoms with van der Waals surface area (Å²) in [5, 5.41) is 12.8. The first-order valence-electron chi connectivity index (χ1n) is 4.77. The summed E-state index contributed by atoms with van der Waals surface area (Å²) >= 11 is 0. The zero-order chi connectivity index (χ0) is 8.44. The lowest BCUT2D eigenvalue weighted by Crippen LogP contribution is -2.49. The van der Waals surface area contributed by atoms with E-state index in [1.54, 1.807) is 0 Å². The van der Waals surface area contributed by atoms with Crippen molar-refractivity contribution >= 4 is 0 Å². The molecule has 0 aliphatic carbocycles. The van der Waals surface area contributed by atoms with Gasteiger partial charge in [0.25, 0.3) is 0 Å². The quantitative estimate of drug-likeness (QED) is 0.544. The van der Waals surface area contributed by atoms with Crippen molar-refractivity contribution in [2.75, 3.05) is 26.3 Å². The average molecular weight is 171 g/mol. The zero-order valence-electron chi connectivity index (χ0n) is 7.38. The van der Waals surface area contributed by atoms with E-state index < -0.39 is 0 Å². The van der Waals surface area contributed by atoms with Crippen LogP contribution in [0.4, 0.5) is 0 Å². The molecule has 70 valence electrons. The van der Waals surface area contributed by atoms with Crippen molar-refractivity contribution in [2.45, 2.75) is 25.4 Å². The highest BCUT2D eigenvalue weighted by Gasteiger charge is 2.36. The first kappa shape index (κ1) is 8.48. The van der Waals surface area contributed by atoms with Crippen LogP contribution in [0.25, 0.3) is 0 Å². The summed E-state index contributed by atoms with van der Waals surface area (Å²) in [5.41, 5.74) is 0.343. The van der Waals surface area contributed by atoms with Gasteiger partial charge in [-0.15, -0.1) is 0 Å². The Morgan fingerprint density at radius 1 is 1.33 bits per heavy atom. The number of nitrogens with one attached hydrogen (secondary N) is 1. The zero-order valence-corrected chi connectivity index (χ0v) is 7.38. The Morgan fingerprint density at radius 2 is 2.08 bits per heavy atom. The molecule has 0 aromatic rings. The second kappa shape index (κ2) is 3.32. The van der Waals surface area contributed by atoms with E-state index in [1.807, 2.05) is 0 Å². The van der Waals surface area contributed by atoms with E-state index >= 15 is 0 Å². The Bertz CT molecular complexity index is 149. The molecule has 0 aromatic carbocycles. The monoisotopic (exact) mass is 171 g/mol. The van der Waals surface area contributed by atoms with Crippen LogP contribution in [0.5, 0.6) is 0 Å². The molecule has 2 aliphatic rings. The summed E-state index contributed by atoms with van der Waals surface area (Å²) in [6, 6.07) is 0. The highest BCUT2D eigenvalue weighted by Crippen LogP contribution is 2.36. The first-order chi connectivity index (χ1) is 5.81. The summed E-state index contributed by atoms with van der Waals surface area (Å²) in [7, 11) is 0. The van der Waals surface area contributed by atoms with E-state index in [0.717, 1.165) is 45.6 Å². The number of β-amino-alcohol motifs (C(OH)–C–C–N with tert-alkyl or cyclic N) is 1. The summed E-state index contributed by atoms with van der Waals surface area (Å²) in [6.07, 6.45) is 3.04. The van der Waals surface area contributed by atoms with Gasteiger partial charge in [-0.3, -0.25) is 0 Å². The highest BCUT2D eigenvalue weighted by atomic mass is 16.5. The Balaban J connectivity index is 1.97. The molecule has 1 spiro atoms. The molecule has 1 unspecified atom stereocenters. The van der Waals surface area contributed by atoms with Crippen molar-refractivity contribution in [3.8, 4) is 0 Å². The molecule has 3 nitrogen and oxygen atoms in total. The van der Waals surface area contributed by atoms with Crippen molar-refractivity contribution < 1.29 is 9.84 Å². The van der Waals surface area contributed by atoms with E-state index in [0.29, 0.717) is 5.41 Å². The lowest BCUT2D eigenvalue weighted by atomic mass is 9.74. The van der Waals surface area contributed by atoms with Gasteiger partial charge in [-0.2, -0.15) is 0 Å². The van der Waals surface area contributed by atoms with Gasteiger partial charge < -0.3 is 15.2 Å². The number of aliphatic hydroxyl groups is 1. The molecule has 2 rings (SSSR count). The maximum atomic E-state index is 9.52. The maximum Gasteiger partial charge on any atom is 0.0670 e. The van der Waals surface area contributed by atoms with Crippen LogP contribution in [-0.2, 0) is 4.74 Å². The summed E-state index contributed by atoms with van der Waals surface area (Å²) in [4.78, 5) is 0. The van der Waals surface area contributed by atoms with E-state index in [4.69, 9.17) is 4.74 Å². The third-order valence-electron chi connectivity index (χ3n) is 3.10. The van der Waals surface area contributed by atoms with E-state index in [9.17, 15) is 5.11 Å². The molecule has 0 radical (unpaired) electrons. The molecule has 0 saturated carbocycles. The summed E-state index contributed by atoms with van der Waals surface area (Å²) < 4.78 is 5.32. The molecule has 1 atom stereocenters. The molecule has 2 aliphatic heterocycles. The number of hydrogen-bond acceptors (Lipinski definition) is 3. The summed E-state index contributed by atoms with van der Waals surface area (Å²) in [6.45, 7) is 3.57. The fourth-order valence-electron chi connectivity index (χ4n) is 2.33. The molecule has 2 N–H and O–H groups in total. The van der Waals surface area contributed by atoms with Gasteiger partial charge in [0, 0.05) is 26.3 Å². The van der Waals surface area contributed by atoms with Crippen LogP contribution in [0.2, 0.25) is 0 Å². The van der Waals surface area contributed by atoms with E-state index in [-0.39, 0.29) is 6.10 Å². The number of piperidine rings is 1. The van der Waals surface area contributed by atoms with E-state index in [1.165, 1.54) is 0 Å². The van der Waals surface area contributed by atoms with Crippen molar-refractivity contribution in [3.63, 3.8) is 0 Å². The van der Waals surface area contributed by atoms with Crippen LogP contribution in [-0.4, -0.2) is 37.5 Å². The van der Waals surface area contributed by atoms with Crippen molar-refractivity contribution in [3.05, 3.63) is 0 Å². The predicted octanol–water partition coefficient (Wildman–Crippen LogP) is 0.137. The molecule has 3 heteroatoms. The van der Waals surface area contributed by atoms with Crippen LogP contribution in [0, 0.1) is 5.41 Å². The number of hydrogen-bond donors (Lipinski definition) is 2. The van der Waals surface area contributed by atoms with Gasteiger partial charge in [0.2, 0.25) is 0 Å². The minimum absolute atomic E-state index is 0.142. The first-order valence-corrected chi connectivity index (χ1v) is 4.77. The molecular weight excluding hydrogens is 154 g/mol. The SMILES string of the molecule is OC1CNCC2(CCOCC2)C1. The normalized spacial score (nSPS) is 35.2. The van der Waals surface area contributed by atoms with Gasteiger partial charge in [-0.05, 0) is 24.7 Å². The third-order valence-corrected chi connectivity index (χ3v) is 3.10. The van der Waals surface area contributed by atoms with Crippen molar-refractivity contribution in [1.29, 1.82) is 0 Å². The Morgan fingerprint density at radius 3 is 2.75 bits per heavy atom. The lowest BCUT2D eigenvalue weighted by molar-refractivity contribution is -0.0289. The van der Waals surface area contributed by atoms with Crippen LogP contribution in [0.15, 0.2) is 0 Å². The predicted molar refractivity (Wildman–Crippen MR) is 46.0 cm³/mol. The van der Waals surface area contributed by atoms with E-state index in [2.05, 4.69) is 5.32 Å². The van der Waals surface area contributed by atoms with Gasteiger partial charge in [-0.1, -0.05) is 0 Å². The largest absolute Gasteiger partial charge is 0.392 e. The Hall–Kier alpha value is -0.120. The molecule has 2 fully saturated rings. The average Bonchev–Trinajstić information content (AvgIpc) is 2.05. The highest BCUT2D eigenvalue weighted by molar-refractivity contribution is 4.90. The second-order valence-electron chi connectivity index (χ2n) is 4.10. The molecule has 0 amide bonds. The lowest BCUT2D eigenvalue weighted by Gasteiger charge is -2.42. The van der Waals surface area contributed by atoms with Crippen molar-refractivity contribution in [2.24, 2.45) is 5.41 Å². The number of rotatable bonds is 0. The van der Waals surface area contributed by atoms with Gasteiger partial charge in [-0.25, -0.2) is 0 Å². The summed E-state index contributed by atoms with van der Waals surface area (Å²) in [5.74, 6) is 0. The number of ether oxygens (including phenoxy) is 1. The standard InChI is InChI=1S/C9H17NO2/c11-8-5-9(7-10-6-8)1-3-12-4-2-9/h8,10-11H,1-7H2. The van der Waals surface area contributed by atoms with Crippen LogP contribution in [0.1, 0.15) is 19.3 Å². The fourth-order valence-corrected chi connectivity index (χ4v) is 2.33. The molecule has 12 heavy (non-hydrogen) atoms. The molecule has 2 heterocycles. The maximum absolute atomic E-state index is 9.52. The Kier molecular flexibility index (Phi) is 2.35. The third kappa shape index (κ3) is 1.63. The molecule has 0 bridgehead atoms. The van der Waals surface area contributed by atoms with Gasteiger partial charge >= 0.3 is 0 Å². The minimum Gasteiger partial charge on any atom is -0.392 e. The van der Waals surface area contributed by atoms with Crippen molar-refractivity contribution in [1.82, 2.24) is 5.32 Å². The van der Waals surface area contributed by atoms with Gasteiger partial charge in [0.15, 0.2) is 0 Å².